The number of aryl methyl sites for hydroxylation is 1. The first-order valence-corrected chi connectivity index (χ1v) is 9.67. The van der Waals surface area contributed by atoms with Gasteiger partial charge in [0.05, 0.1) is 11.8 Å². The van der Waals surface area contributed by atoms with E-state index < -0.39 is 0 Å². The Morgan fingerprint density at radius 3 is 2.80 bits per heavy atom. The Hall–Kier alpha value is -1.40. The van der Waals surface area contributed by atoms with Gasteiger partial charge in [-0.15, -0.1) is 0 Å². The van der Waals surface area contributed by atoms with Crippen molar-refractivity contribution in [1.82, 2.24) is 15.0 Å². The van der Waals surface area contributed by atoms with Crippen LogP contribution in [0, 0.1) is 18.8 Å². The molecule has 0 aliphatic carbocycles. The topological polar surface area (TPSA) is 58.8 Å². The predicted molar refractivity (Wildman–Crippen MR) is 92.9 cm³/mol. The van der Waals surface area contributed by atoms with Crippen LogP contribution < -0.4 is 0 Å². The van der Waals surface area contributed by atoms with Crippen molar-refractivity contribution in [3.05, 3.63) is 17.5 Å². The fraction of sp³-hybridized carbons (Fsp3) is 0.789. The third kappa shape index (κ3) is 3.75. The summed E-state index contributed by atoms with van der Waals surface area (Å²) in [5.74, 6) is 2.33. The van der Waals surface area contributed by atoms with Gasteiger partial charge in [0.2, 0.25) is 0 Å². The molecule has 0 spiro atoms. The zero-order valence-electron chi connectivity index (χ0n) is 15.3. The van der Waals surface area contributed by atoms with Gasteiger partial charge in [0.25, 0.3) is 5.91 Å². The number of fused-ring (bicyclic) bond motifs is 1. The molecule has 25 heavy (non-hydrogen) atoms. The Bertz CT molecular complexity index is 609. The number of hydrogen-bond donors (Lipinski definition) is 0. The zero-order chi connectivity index (χ0) is 17.4. The number of aromatic nitrogens is 1. The van der Waals surface area contributed by atoms with Crippen LogP contribution in [0.2, 0.25) is 0 Å². The molecule has 3 saturated heterocycles. The largest absolute Gasteiger partial charge is 0.364 e. The third-order valence-electron chi connectivity index (χ3n) is 6.07. The molecule has 0 N–H and O–H groups in total. The van der Waals surface area contributed by atoms with Gasteiger partial charge < -0.3 is 14.2 Å². The third-order valence-corrected chi connectivity index (χ3v) is 6.07. The van der Waals surface area contributed by atoms with Crippen molar-refractivity contribution < 1.29 is 14.1 Å². The van der Waals surface area contributed by atoms with Crippen molar-refractivity contribution in [1.29, 1.82) is 0 Å². The van der Waals surface area contributed by atoms with Gasteiger partial charge in [0, 0.05) is 32.2 Å². The van der Waals surface area contributed by atoms with E-state index in [0.717, 1.165) is 75.8 Å². The maximum Gasteiger partial charge on any atom is 0.251 e. The van der Waals surface area contributed by atoms with Gasteiger partial charge in [-0.3, -0.25) is 9.69 Å². The number of hydrogen-bond acceptors (Lipinski definition) is 5. The molecule has 4 rings (SSSR count). The van der Waals surface area contributed by atoms with Crippen LogP contribution in [-0.4, -0.2) is 59.3 Å². The minimum atomic E-state index is -0.224. The average Bonchev–Trinajstić information content (AvgIpc) is 3.20. The summed E-state index contributed by atoms with van der Waals surface area (Å²) in [6.07, 6.45) is 4.19. The lowest BCUT2D eigenvalue weighted by atomic mass is 9.91. The number of likely N-dealkylation sites (tertiary alicyclic amines) is 2. The van der Waals surface area contributed by atoms with Crippen molar-refractivity contribution in [2.24, 2.45) is 11.8 Å². The Balaban J connectivity index is 1.31. The average molecular weight is 347 g/mol. The molecular weight excluding hydrogens is 318 g/mol. The second-order valence-electron chi connectivity index (χ2n) is 8.12. The summed E-state index contributed by atoms with van der Waals surface area (Å²) in [7, 11) is 0. The molecule has 4 heterocycles. The summed E-state index contributed by atoms with van der Waals surface area (Å²) in [4.78, 5) is 17.2. The van der Waals surface area contributed by atoms with Crippen molar-refractivity contribution in [3.8, 4) is 0 Å². The van der Waals surface area contributed by atoms with Gasteiger partial charge >= 0.3 is 0 Å². The standard InChI is InChI=1S/C19H29N3O3/c1-13-3-7-22(8-4-13)19(23)17-10-15-5-6-21(12-18(15)24-17)11-16-9-14(2)25-20-16/h9,13,15,17-18H,3-8,10-12H2,1-2H3/t15-,17+,18-/m0/s1. The summed E-state index contributed by atoms with van der Waals surface area (Å²) in [5, 5.41) is 4.09. The molecule has 0 unspecified atom stereocenters. The summed E-state index contributed by atoms with van der Waals surface area (Å²) < 4.78 is 11.4. The van der Waals surface area contributed by atoms with E-state index in [1.54, 1.807) is 0 Å². The molecule has 6 heteroatoms. The minimum Gasteiger partial charge on any atom is -0.364 e. The van der Waals surface area contributed by atoms with Crippen LogP contribution in [0.4, 0.5) is 0 Å². The molecule has 0 radical (unpaired) electrons. The molecule has 6 nitrogen and oxygen atoms in total. The molecule has 3 aliphatic rings. The molecule has 3 atom stereocenters. The first kappa shape index (κ1) is 17.0. The fourth-order valence-corrected chi connectivity index (χ4v) is 4.45. The first-order chi connectivity index (χ1) is 12.1. The zero-order valence-corrected chi connectivity index (χ0v) is 15.3. The Morgan fingerprint density at radius 2 is 2.08 bits per heavy atom. The molecule has 1 aromatic rings. The van der Waals surface area contributed by atoms with Crippen LogP contribution >= 0.6 is 0 Å². The fourth-order valence-electron chi connectivity index (χ4n) is 4.45. The van der Waals surface area contributed by atoms with Crippen LogP contribution in [0.5, 0.6) is 0 Å². The van der Waals surface area contributed by atoms with Crippen LogP contribution in [0.1, 0.15) is 44.1 Å². The van der Waals surface area contributed by atoms with Crippen LogP contribution in [0.15, 0.2) is 10.6 Å². The van der Waals surface area contributed by atoms with Gasteiger partial charge in [-0.25, -0.2) is 0 Å². The number of carbonyl (C=O) groups excluding carboxylic acids is 1. The number of piperidine rings is 2. The monoisotopic (exact) mass is 347 g/mol. The Kier molecular flexibility index (Phi) is 4.82. The van der Waals surface area contributed by atoms with Crippen molar-refractivity contribution in [3.63, 3.8) is 0 Å². The van der Waals surface area contributed by atoms with Gasteiger partial charge in [-0.05, 0) is 51.0 Å². The van der Waals surface area contributed by atoms with Crippen LogP contribution in [-0.2, 0) is 16.1 Å². The summed E-state index contributed by atoms with van der Waals surface area (Å²) in [6.45, 7) is 8.70. The van der Waals surface area contributed by atoms with Crippen molar-refractivity contribution in [2.45, 2.75) is 58.3 Å². The van der Waals surface area contributed by atoms with E-state index in [9.17, 15) is 4.79 Å². The van der Waals surface area contributed by atoms with E-state index in [-0.39, 0.29) is 18.1 Å². The number of nitrogens with zero attached hydrogens (tertiary/aromatic N) is 3. The highest BCUT2D eigenvalue weighted by molar-refractivity contribution is 5.81. The molecule has 3 aliphatic heterocycles. The quantitative estimate of drug-likeness (QED) is 0.839. The van der Waals surface area contributed by atoms with E-state index in [2.05, 4.69) is 17.0 Å². The van der Waals surface area contributed by atoms with E-state index in [0.29, 0.717) is 5.92 Å². The molecule has 0 saturated carbocycles. The Labute approximate surface area is 149 Å². The highest BCUT2D eigenvalue weighted by Crippen LogP contribution is 2.35. The smallest absolute Gasteiger partial charge is 0.251 e. The number of rotatable bonds is 3. The van der Waals surface area contributed by atoms with Gasteiger partial charge in [-0.2, -0.15) is 0 Å². The summed E-state index contributed by atoms with van der Waals surface area (Å²) in [6, 6.07) is 1.99. The molecule has 0 aromatic carbocycles. The maximum absolute atomic E-state index is 12.8. The second-order valence-corrected chi connectivity index (χ2v) is 8.12. The highest BCUT2D eigenvalue weighted by Gasteiger charge is 2.43. The first-order valence-electron chi connectivity index (χ1n) is 9.67. The van der Waals surface area contributed by atoms with E-state index >= 15 is 0 Å². The minimum absolute atomic E-state index is 0.180. The molecule has 0 bridgehead atoms. The normalized spacial score (nSPS) is 31.3. The van der Waals surface area contributed by atoms with Crippen molar-refractivity contribution >= 4 is 5.91 Å². The number of ether oxygens (including phenoxy) is 1. The number of amides is 1. The highest BCUT2D eigenvalue weighted by atomic mass is 16.5. The molecule has 138 valence electrons. The predicted octanol–water partition coefficient (Wildman–Crippen LogP) is 2.22. The lowest BCUT2D eigenvalue weighted by molar-refractivity contribution is -0.145. The SMILES string of the molecule is Cc1cc(CN2CC[C@H]3C[C@H](C(=O)N4CCC(C)CC4)O[C@H]3C2)no1. The second kappa shape index (κ2) is 7.08. The molecule has 1 amide bonds. The van der Waals surface area contributed by atoms with E-state index in [1.165, 1.54) is 0 Å². The Morgan fingerprint density at radius 1 is 1.28 bits per heavy atom. The van der Waals surface area contributed by atoms with Crippen molar-refractivity contribution in [2.75, 3.05) is 26.2 Å². The number of carbonyl (C=O) groups is 1. The van der Waals surface area contributed by atoms with Crippen LogP contribution in [0.25, 0.3) is 0 Å². The molecule has 1 aromatic heterocycles. The van der Waals surface area contributed by atoms with Gasteiger partial charge in [0.1, 0.15) is 11.9 Å². The van der Waals surface area contributed by atoms with E-state index in [1.807, 2.05) is 17.9 Å². The summed E-state index contributed by atoms with van der Waals surface area (Å²) in [5.41, 5.74) is 0.976. The van der Waals surface area contributed by atoms with Crippen LogP contribution in [0.3, 0.4) is 0 Å². The molecular formula is C19H29N3O3. The maximum atomic E-state index is 12.8. The molecule has 3 fully saturated rings. The van der Waals surface area contributed by atoms with Gasteiger partial charge in [0.15, 0.2) is 0 Å². The van der Waals surface area contributed by atoms with Gasteiger partial charge in [-0.1, -0.05) is 12.1 Å². The van der Waals surface area contributed by atoms with E-state index in [4.69, 9.17) is 9.26 Å². The summed E-state index contributed by atoms with van der Waals surface area (Å²) >= 11 is 0. The lowest BCUT2D eigenvalue weighted by Gasteiger charge is -2.33. The lowest BCUT2D eigenvalue weighted by Crippen LogP contribution is -2.44.